The number of thiophene rings is 2. The van der Waals surface area contributed by atoms with Gasteiger partial charge in [-0.1, -0.05) is 157 Å². The van der Waals surface area contributed by atoms with Gasteiger partial charge in [0.2, 0.25) is 0 Å². The smallest absolute Gasteiger partial charge is 0.333 e. The average molecular weight is 885 g/mol. The molecular formula is C60H50B2N2S2. The molecule has 0 saturated heterocycles. The Morgan fingerprint density at radius 1 is 0.530 bits per heavy atom. The van der Waals surface area contributed by atoms with E-state index in [1.54, 1.807) is 0 Å². The van der Waals surface area contributed by atoms with Gasteiger partial charge < -0.3 is 9.71 Å². The fourth-order valence-electron chi connectivity index (χ4n) is 12.9. The molecule has 0 N–H and O–H groups in total. The Labute approximate surface area is 396 Å². The summed E-state index contributed by atoms with van der Waals surface area (Å²) in [5.41, 5.74) is 21.7. The maximum absolute atomic E-state index is 2.78. The summed E-state index contributed by atoms with van der Waals surface area (Å²) in [6.07, 6.45) is 2.39. The number of para-hydroxylation sites is 2. The molecule has 5 heterocycles. The summed E-state index contributed by atoms with van der Waals surface area (Å²) in [4.78, 5) is 5.52. The van der Waals surface area contributed by atoms with Crippen LogP contribution in [0.15, 0.2) is 146 Å². The van der Waals surface area contributed by atoms with Gasteiger partial charge in [-0.15, -0.1) is 22.7 Å². The molecule has 66 heavy (non-hydrogen) atoms. The minimum Gasteiger partial charge on any atom is -0.376 e. The van der Waals surface area contributed by atoms with E-state index in [-0.39, 0.29) is 23.1 Å². The molecule has 3 aliphatic heterocycles. The van der Waals surface area contributed by atoms with Crippen LogP contribution >= 0.6 is 22.7 Å². The number of hydrogen-bond donors (Lipinski definition) is 0. The molecule has 0 bridgehead atoms. The van der Waals surface area contributed by atoms with Crippen LogP contribution in [0.2, 0.25) is 6.82 Å². The van der Waals surface area contributed by atoms with Gasteiger partial charge >= 0.3 is 6.85 Å². The van der Waals surface area contributed by atoms with Crippen molar-refractivity contribution in [2.24, 2.45) is 0 Å². The van der Waals surface area contributed by atoms with E-state index in [1.807, 2.05) is 22.7 Å². The summed E-state index contributed by atoms with van der Waals surface area (Å²) in [6, 6.07) is 56.9. The maximum Gasteiger partial charge on any atom is 0.333 e. The number of nitrogens with zero attached hydrogens (tertiary/aromatic N) is 2. The minimum absolute atomic E-state index is 0.0656. The molecule has 6 heteroatoms. The summed E-state index contributed by atoms with van der Waals surface area (Å²) in [5, 5.41) is 5.43. The second kappa shape index (κ2) is 13.3. The van der Waals surface area contributed by atoms with Crippen molar-refractivity contribution in [2.45, 2.75) is 77.5 Å². The van der Waals surface area contributed by atoms with Crippen LogP contribution in [0.25, 0.3) is 62.6 Å². The van der Waals surface area contributed by atoms with E-state index in [4.69, 9.17) is 0 Å². The molecule has 0 fully saturated rings. The molecule has 2 aromatic heterocycles. The van der Waals surface area contributed by atoms with Gasteiger partial charge in [-0.2, -0.15) is 0 Å². The van der Waals surface area contributed by atoms with Crippen LogP contribution in [0, 0.1) is 0 Å². The molecule has 0 spiro atoms. The molecule has 4 aliphatic rings. The van der Waals surface area contributed by atoms with E-state index in [1.165, 1.54) is 143 Å². The monoisotopic (exact) mass is 884 g/mol. The number of fused-ring (bicyclic) bond motifs is 15. The van der Waals surface area contributed by atoms with Crippen molar-refractivity contribution in [1.29, 1.82) is 0 Å². The highest BCUT2D eigenvalue weighted by atomic mass is 32.1. The molecule has 0 atom stereocenters. The zero-order chi connectivity index (χ0) is 44.6. The molecule has 0 radical (unpaired) electrons. The highest BCUT2D eigenvalue weighted by molar-refractivity contribution is 7.27. The largest absolute Gasteiger partial charge is 0.376 e. The predicted octanol–water partition coefficient (Wildman–Crippen LogP) is 14.9. The van der Waals surface area contributed by atoms with Gasteiger partial charge in [-0.05, 0) is 105 Å². The SMILES string of the molecule is CBc1ccc(N2c3cc4c(sc5ccccc54)c4c3B(c3ccc5sc6cc7c(cc6c5c32)C(C)(C)CCC7(C)C)N2c3ccccc3C(C)(C)c3cccc-4c32)c(-c2ccccc2)c1. The van der Waals surface area contributed by atoms with Crippen molar-refractivity contribution in [3.05, 3.63) is 168 Å². The third-order valence-electron chi connectivity index (χ3n) is 16.4. The molecule has 1 aliphatic carbocycles. The van der Waals surface area contributed by atoms with Gasteiger partial charge in [-0.25, -0.2) is 0 Å². The highest BCUT2D eigenvalue weighted by Crippen LogP contribution is 2.60. The lowest BCUT2D eigenvalue weighted by molar-refractivity contribution is 0.332. The number of benzene rings is 8. The lowest BCUT2D eigenvalue weighted by Gasteiger charge is -2.51. The van der Waals surface area contributed by atoms with Crippen LogP contribution in [-0.4, -0.2) is 14.1 Å². The fourth-order valence-corrected chi connectivity index (χ4v) is 15.3. The Kier molecular flexibility index (Phi) is 7.89. The molecule has 8 aromatic carbocycles. The Morgan fingerprint density at radius 2 is 1.27 bits per heavy atom. The van der Waals surface area contributed by atoms with Crippen LogP contribution in [0.3, 0.4) is 0 Å². The fraction of sp³-hybridized carbons (Fsp3) is 0.200. The summed E-state index contributed by atoms with van der Waals surface area (Å²) >= 11 is 3.95. The molecule has 0 amide bonds. The van der Waals surface area contributed by atoms with Crippen molar-refractivity contribution in [2.75, 3.05) is 9.71 Å². The van der Waals surface area contributed by atoms with Crippen LogP contribution < -0.4 is 26.1 Å². The Hall–Kier alpha value is -6.07. The van der Waals surface area contributed by atoms with E-state index in [2.05, 4.69) is 204 Å². The Balaban J connectivity index is 1.21. The molecule has 0 unspecified atom stereocenters. The van der Waals surface area contributed by atoms with Gasteiger partial charge in [0.15, 0.2) is 7.28 Å². The lowest BCUT2D eigenvalue weighted by Crippen LogP contribution is -2.63. The first-order valence-electron chi connectivity index (χ1n) is 24.0. The number of rotatable bonds is 3. The van der Waals surface area contributed by atoms with Crippen LogP contribution in [0.4, 0.5) is 28.4 Å². The summed E-state index contributed by atoms with van der Waals surface area (Å²) in [7, 11) is 0.974. The van der Waals surface area contributed by atoms with E-state index < -0.39 is 0 Å². The van der Waals surface area contributed by atoms with Crippen molar-refractivity contribution in [1.82, 2.24) is 0 Å². The van der Waals surface area contributed by atoms with Crippen LogP contribution in [0.1, 0.15) is 76.6 Å². The van der Waals surface area contributed by atoms with Crippen LogP contribution in [-0.2, 0) is 16.2 Å². The number of anilines is 5. The van der Waals surface area contributed by atoms with Crippen molar-refractivity contribution >= 4 is 122 Å². The Morgan fingerprint density at radius 3 is 2.09 bits per heavy atom. The second-order valence-electron chi connectivity index (χ2n) is 21.3. The second-order valence-corrected chi connectivity index (χ2v) is 23.5. The van der Waals surface area contributed by atoms with E-state index in [9.17, 15) is 0 Å². The zero-order valence-corrected chi connectivity index (χ0v) is 40.4. The van der Waals surface area contributed by atoms with E-state index in [0.717, 1.165) is 7.28 Å². The summed E-state index contributed by atoms with van der Waals surface area (Å²) < 4.78 is 5.46. The van der Waals surface area contributed by atoms with Gasteiger partial charge in [0, 0.05) is 79.5 Å². The molecular weight excluding hydrogens is 834 g/mol. The summed E-state index contributed by atoms with van der Waals surface area (Å²) in [6.45, 7) is 17.0. The first-order chi connectivity index (χ1) is 31.9. The quantitative estimate of drug-likeness (QED) is 0.163. The lowest BCUT2D eigenvalue weighted by atomic mass is 9.42. The predicted molar refractivity (Wildman–Crippen MR) is 291 cm³/mol. The average Bonchev–Trinajstić information content (AvgIpc) is 3.90. The van der Waals surface area contributed by atoms with Gasteiger partial charge in [0.25, 0.3) is 0 Å². The topological polar surface area (TPSA) is 6.48 Å². The van der Waals surface area contributed by atoms with Crippen molar-refractivity contribution in [3.63, 3.8) is 0 Å². The molecule has 2 nitrogen and oxygen atoms in total. The Bertz CT molecular complexity index is 3760. The molecule has 0 saturated carbocycles. The van der Waals surface area contributed by atoms with Gasteiger partial charge in [0.1, 0.15) is 0 Å². The van der Waals surface area contributed by atoms with E-state index in [0.29, 0.717) is 0 Å². The third kappa shape index (κ3) is 5.04. The number of hydrogen-bond acceptors (Lipinski definition) is 4. The van der Waals surface area contributed by atoms with Crippen molar-refractivity contribution < 1.29 is 0 Å². The molecule has 14 rings (SSSR count). The molecule has 10 aromatic rings. The third-order valence-corrected chi connectivity index (χ3v) is 18.8. The normalized spacial score (nSPS) is 16.9. The first kappa shape index (κ1) is 39.1. The van der Waals surface area contributed by atoms with Gasteiger partial charge in [0.05, 0.1) is 11.4 Å². The summed E-state index contributed by atoms with van der Waals surface area (Å²) in [5.74, 6) is 0. The first-order valence-corrected chi connectivity index (χ1v) is 25.6. The van der Waals surface area contributed by atoms with Gasteiger partial charge in [-0.3, -0.25) is 0 Å². The maximum atomic E-state index is 2.78. The zero-order valence-electron chi connectivity index (χ0n) is 38.8. The minimum atomic E-state index is -0.185. The van der Waals surface area contributed by atoms with Crippen molar-refractivity contribution in [3.8, 4) is 22.3 Å². The van der Waals surface area contributed by atoms with E-state index >= 15 is 0 Å². The standard InChI is InChI=1S/C60H50B2N2S2/c1-58(2)28-29-59(3,4)44-33-51-40(31-43(44)58)52-50(65-51)27-25-45-56(52)63(46-26-24-35(61-7)30-38(46)34-16-9-8-10-17-34)48-32-39-36-18-11-14-23-49(36)66-57(39)53-37-19-15-21-42-55(37)64(62(45)54(48)53)47-22-13-12-20-41(47)60(42,5)6/h8-27,30-33,61H,28-29H2,1-7H3. The highest BCUT2D eigenvalue weighted by Gasteiger charge is 2.51. The molecule has 318 valence electrons. The van der Waals surface area contributed by atoms with Crippen LogP contribution in [0.5, 0.6) is 0 Å².